The highest BCUT2D eigenvalue weighted by Crippen LogP contribution is 2.40. The van der Waals surface area contributed by atoms with Crippen LogP contribution in [0.5, 0.6) is 0 Å². The predicted molar refractivity (Wildman–Crippen MR) is 77.8 cm³/mol. The van der Waals surface area contributed by atoms with Gasteiger partial charge < -0.3 is 15.3 Å². The van der Waals surface area contributed by atoms with Crippen LogP contribution in [0.1, 0.15) is 46.5 Å². The van der Waals surface area contributed by atoms with E-state index in [2.05, 4.69) is 38.0 Å². The Bertz CT molecular complexity index is 229. The third-order valence-corrected chi connectivity index (χ3v) is 4.01. The van der Waals surface area contributed by atoms with E-state index < -0.39 is 0 Å². The topological polar surface area (TPSA) is 35.5 Å². The van der Waals surface area contributed by atoms with Gasteiger partial charge in [-0.3, -0.25) is 0 Å². The molecule has 0 spiro atoms. The molecule has 0 amide bonds. The molecule has 0 aromatic heterocycles. The molecule has 0 aromatic rings. The molecule has 0 saturated heterocycles. The molecule has 1 aliphatic carbocycles. The van der Waals surface area contributed by atoms with Gasteiger partial charge in [-0.1, -0.05) is 20.8 Å². The molecule has 18 heavy (non-hydrogen) atoms. The molecular weight excluding hydrogens is 224 g/mol. The van der Waals surface area contributed by atoms with Crippen LogP contribution in [-0.4, -0.2) is 48.8 Å². The first kappa shape index (κ1) is 15.9. The van der Waals surface area contributed by atoms with E-state index in [1.54, 1.807) is 0 Å². The number of aliphatic hydroxyl groups excluding tert-OH is 1. The highest BCUT2D eigenvalue weighted by molar-refractivity contribution is 5.02. The number of hydrogen-bond acceptors (Lipinski definition) is 3. The Morgan fingerprint density at radius 2 is 2.06 bits per heavy atom. The lowest BCUT2D eigenvalue weighted by Gasteiger charge is -2.37. The minimum Gasteiger partial charge on any atom is -0.394 e. The lowest BCUT2D eigenvalue weighted by molar-refractivity contribution is 0.0991. The number of likely N-dealkylation sites (N-methyl/N-ethyl adjacent to an activating group) is 1. The fourth-order valence-corrected chi connectivity index (χ4v) is 2.61. The van der Waals surface area contributed by atoms with Crippen LogP contribution in [0.3, 0.4) is 0 Å². The molecule has 0 aliphatic heterocycles. The maximum absolute atomic E-state index is 9.85. The lowest BCUT2D eigenvalue weighted by Crippen LogP contribution is -2.57. The number of aliphatic hydroxyl groups is 1. The van der Waals surface area contributed by atoms with Gasteiger partial charge in [-0.2, -0.15) is 0 Å². The summed E-state index contributed by atoms with van der Waals surface area (Å²) in [6, 6.07) is 0. The smallest absolute Gasteiger partial charge is 0.0628 e. The van der Waals surface area contributed by atoms with Gasteiger partial charge in [-0.25, -0.2) is 0 Å². The molecule has 1 fully saturated rings. The summed E-state index contributed by atoms with van der Waals surface area (Å²) in [6.07, 6.45) is 4.91. The van der Waals surface area contributed by atoms with E-state index in [4.69, 9.17) is 0 Å². The van der Waals surface area contributed by atoms with E-state index in [0.29, 0.717) is 5.92 Å². The SMILES string of the molecule is CCCNC(CO)(CN(C)CCC(C)C)C1CC1. The quantitative estimate of drug-likeness (QED) is 0.628. The molecule has 1 saturated carbocycles. The van der Waals surface area contributed by atoms with Crippen molar-refractivity contribution in [3.05, 3.63) is 0 Å². The summed E-state index contributed by atoms with van der Waals surface area (Å²) in [5, 5.41) is 13.5. The number of hydrogen-bond donors (Lipinski definition) is 2. The van der Waals surface area contributed by atoms with E-state index in [1.807, 2.05) is 0 Å². The fourth-order valence-electron chi connectivity index (χ4n) is 2.61. The van der Waals surface area contributed by atoms with E-state index in [-0.39, 0.29) is 12.1 Å². The standard InChI is InChI=1S/C15H32N2O/c1-5-9-16-15(12-18,14-6-7-14)11-17(4)10-8-13(2)3/h13-14,16,18H,5-12H2,1-4H3. The highest BCUT2D eigenvalue weighted by atomic mass is 16.3. The second-order valence-corrected chi connectivity index (χ2v) is 6.44. The zero-order valence-electron chi connectivity index (χ0n) is 12.7. The Kier molecular flexibility index (Phi) is 6.61. The largest absolute Gasteiger partial charge is 0.394 e. The summed E-state index contributed by atoms with van der Waals surface area (Å²) in [6.45, 7) is 10.1. The Balaban J connectivity index is 2.48. The lowest BCUT2D eigenvalue weighted by atomic mass is 9.93. The molecule has 2 N–H and O–H groups in total. The van der Waals surface area contributed by atoms with E-state index >= 15 is 0 Å². The van der Waals surface area contributed by atoms with Crippen LogP contribution < -0.4 is 5.32 Å². The van der Waals surface area contributed by atoms with Crippen molar-refractivity contribution in [2.45, 2.75) is 52.0 Å². The van der Waals surface area contributed by atoms with Gasteiger partial charge in [0.25, 0.3) is 0 Å². The summed E-state index contributed by atoms with van der Waals surface area (Å²) < 4.78 is 0. The molecule has 3 nitrogen and oxygen atoms in total. The van der Waals surface area contributed by atoms with E-state index in [9.17, 15) is 5.11 Å². The average molecular weight is 256 g/mol. The van der Waals surface area contributed by atoms with Crippen molar-refractivity contribution >= 4 is 0 Å². The van der Waals surface area contributed by atoms with Crippen molar-refractivity contribution in [1.29, 1.82) is 0 Å². The average Bonchev–Trinajstić information content (AvgIpc) is 3.16. The maximum atomic E-state index is 9.85. The minimum atomic E-state index is -0.0538. The predicted octanol–water partition coefficient (Wildman–Crippen LogP) is 2.10. The molecule has 3 heteroatoms. The molecule has 1 atom stereocenters. The molecule has 1 unspecified atom stereocenters. The van der Waals surface area contributed by atoms with Crippen LogP contribution in [0.2, 0.25) is 0 Å². The van der Waals surface area contributed by atoms with Gasteiger partial charge in [-0.05, 0) is 57.7 Å². The van der Waals surface area contributed by atoms with Crippen LogP contribution in [0, 0.1) is 11.8 Å². The Hall–Kier alpha value is -0.120. The summed E-state index contributed by atoms with van der Waals surface area (Å²) in [4.78, 5) is 2.39. The van der Waals surface area contributed by atoms with Crippen molar-refractivity contribution in [3.63, 3.8) is 0 Å². The van der Waals surface area contributed by atoms with Gasteiger partial charge in [0.2, 0.25) is 0 Å². The van der Waals surface area contributed by atoms with E-state index in [0.717, 1.165) is 32.0 Å². The summed E-state index contributed by atoms with van der Waals surface area (Å²) in [7, 11) is 2.18. The van der Waals surface area contributed by atoms with Gasteiger partial charge in [0.05, 0.1) is 12.1 Å². The number of nitrogens with one attached hydrogen (secondary N) is 1. The summed E-state index contributed by atoms with van der Waals surface area (Å²) >= 11 is 0. The normalized spacial score (nSPS) is 19.5. The zero-order chi connectivity index (χ0) is 13.6. The molecular formula is C15H32N2O. The van der Waals surface area contributed by atoms with Crippen molar-refractivity contribution in [3.8, 4) is 0 Å². The van der Waals surface area contributed by atoms with Crippen LogP contribution in [-0.2, 0) is 0 Å². The first-order valence-electron chi connectivity index (χ1n) is 7.58. The van der Waals surface area contributed by atoms with Crippen LogP contribution in [0.15, 0.2) is 0 Å². The van der Waals surface area contributed by atoms with Crippen molar-refractivity contribution < 1.29 is 5.11 Å². The number of nitrogens with zero attached hydrogens (tertiary/aromatic N) is 1. The first-order valence-corrected chi connectivity index (χ1v) is 7.58. The molecule has 108 valence electrons. The molecule has 1 aliphatic rings. The van der Waals surface area contributed by atoms with Crippen LogP contribution in [0.25, 0.3) is 0 Å². The highest BCUT2D eigenvalue weighted by Gasteiger charge is 2.44. The molecule has 0 heterocycles. The molecule has 0 radical (unpaired) electrons. The summed E-state index contributed by atoms with van der Waals surface area (Å²) in [5.41, 5.74) is -0.0538. The van der Waals surface area contributed by atoms with Crippen molar-refractivity contribution in [2.24, 2.45) is 11.8 Å². The minimum absolute atomic E-state index is 0.0538. The van der Waals surface area contributed by atoms with Crippen LogP contribution in [0.4, 0.5) is 0 Å². The maximum Gasteiger partial charge on any atom is 0.0628 e. The Morgan fingerprint density at radius 1 is 1.39 bits per heavy atom. The van der Waals surface area contributed by atoms with Gasteiger partial charge >= 0.3 is 0 Å². The fraction of sp³-hybridized carbons (Fsp3) is 1.00. The first-order chi connectivity index (χ1) is 8.54. The molecule has 1 rings (SSSR count). The summed E-state index contributed by atoms with van der Waals surface area (Å²) in [5.74, 6) is 1.43. The van der Waals surface area contributed by atoms with Gasteiger partial charge in [0.1, 0.15) is 0 Å². The van der Waals surface area contributed by atoms with Crippen molar-refractivity contribution in [1.82, 2.24) is 10.2 Å². The second kappa shape index (κ2) is 7.46. The monoisotopic (exact) mass is 256 g/mol. The van der Waals surface area contributed by atoms with Gasteiger partial charge in [0.15, 0.2) is 0 Å². The molecule has 0 aromatic carbocycles. The Morgan fingerprint density at radius 3 is 2.50 bits per heavy atom. The Labute approximate surface area is 113 Å². The second-order valence-electron chi connectivity index (χ2n) is 6.44. The van der Waals surface area contributed by atoms with E-state index in [1.165, 1.54) is 19.3 Å². The third kappa shape index (κ3) is 4.87. The number of rotatable bonds is 10. The van der Waals surface area contributed by atoms with Gasteiger partial charge in [0, 0.05) is 6.54 Å². The van der Waals surface area contributed by atoms with Crippen LogP contribution >= 0.6 is 0 Å². The third-order valence-electron chi connectivity index (χ3n) is 4.01. The zero-order valence-corrected chi connectivity index (χ0v) is 12.7. The van der Waals surface area contributed by atoms with Crippen molar-refractivity contribution in [2.75, 3.05) is 33.3 Å². The molecule has 0 bridgehead atoms. The van der Waals surface area contributed by atoms with Gasteiger partial charge in [-0.15, -0.1) is 0 Å².